The molecule has 106 valence electrons. The molecule has 0 unspecified atom stereocenters. The minimum absolute atomic E-state index is 0.0510. The van der Waals surface area contributed by atoms with E-state index in [0.29, 0.717) is 13.0 Å². The van der Waals surface area contributed by atoms with Gasteiger partial charge >= 0.3 is 11.9 Å². The lowest BCUT2D eigenvalue weighted by Crippen LogP contribution is -2.57. The maximum Gasteiger partial charge on any atom is 0.338 e. The van der Waals surface area contributed by atoms with Crippen LogP contribution in [0.2, 0.25) is 0 Å². The van der Waals surface area contributed by atoms with Crippen LogP contribution in [0.25, 0.3) is 0 Å². The maximum absolute atomic E-state index is 11.9. The number of carbonyl (C=O) groups excluding carboxylic acids is 1. The van der Waals surface area contributed by atoms with Crippen molar-refractivity contribution in [3.63, 3.8) is 0 Å². The van der Waals surface area contributed by atoms with E-state index in [1.165, 1.54) is 0 Å². The molecule has 0 radical (unpaired) electrons. The number of ether oxygens (including phenoxy) is 1. The summed E-state index contributed by atoms with van der Waals surface area (Å²) < 4.78 is 5.06. The Morgan fingerprint density at radius 2 is 1.78 bits per heavy atom. The minimum atomic E-state index is -1.97. The number of rotatable bonds is 6. The highest BCUT2D eigenvalue weighted by atomic mass is 16.6. The van der Waals surface area contributed by atoms with Crippen molar-refractivity contribution in [3.8, 4) is 0 Å². The van der Waals surface area contributed by atoms with E-state index in [9.17, 15) is 9.59 Å². The molecule has 0 amide bonds. The van der Waals surface area contributed by atoms with Gasteiger partial charge in [-0.3, -0.25) is 0 Å². The molecular weight excluding hydrogens is 236 g/mol. The monoisotopic (exact) mass is 260 g/mol. The molecule has 0 heterocycles. The highest BCUT2D eigenvalue weighted by Crippen LogP contribution is 2.17. The van der Waals surface area contributed by atoms with E-state index >= 15 is 0 Å². The first-order valence-electron chi connectivity index (χ1n) is 5.89. The molecule has 0 saturated heterocycles. The van der Waals surface area contributed by atoms with E-state index in [1.807, 2.05) is 19.0 Å². The average Bonchev–Trinajstić information content (AvgIpc) is 2.13. The lowest BCUT2D eigenvalue weighted by molar-refractivity contribution is -0.169. The lowest BCUT2D eigenvalue weighted by atomic mass is 9.94. The molecule has 0 aliphatic heterocycles. The zero-order chi connectivity index (χ0) is 14.6. The van der Waals surface area contributed by atoms with Crippen molar-refractivity contribution in [2.24, 2.45) is 5.73 Å². The van der Waals surface area contributed by atoms with Crippen LogP contribution in [0.5, 0.6) is 0 Å². The van der Waals surface area contributed by atoms with Crippen LogP contribution in [0.1, 0.15) is 33.6 Å². The fraction of sp³-hybridized carbons (Fsp3) is 0.833. The molecule has 0 aliphatic rings. The predicted molar refractivity (Wildman–Crippen MR) is 68.2 cm³/mol. The highest BCUT2D eigenvalue weighted by Gasteiger charge is 2.44. The Hall–Kier alpha value is -1.14. The number of hydrogen-bond acceptors (Lipinski definition) is 5. The van der Waals surface area contributed by atoms with Crippen LogP contribution in [-0.4, -0.2) is 53.7 Å². The second-order valence-corrected chi connectivity index (χ2v) is 5.69. The zero-order valence-electron chi connectivity index (χ0n) is 11.8. The largest absolute Gasteiger partial charge is 0.479 e. The molecule has 0 aromatic rings. The summed E-state index contributed by atoms with van der Waals surface area (Å²) in [6.07, 6.45) is 0.560. The molecule has 0 aliphatic carbocycles. The Bertz CT molecular complexity index is 310. The third kappa shape index (κ3) is 5.46. The van der Waals surface area contributed by atoms with Crippen molar-refractivity contribution in [1.82, 2.24) is 4.90 Å². The van der Waals surface area contributed by atoms with Gasteiger partial charge in [0.25, 0.3) is 0 Å². The minimum Gasteiger partial charge on any atom is -0.479 e. The Morgan fingerprint density at radius 1 is 1.28 bits per heavy atom. The standard InChI is InChI=1S/C12H24N2O4/c1-11(2,3)18-10(17)12(13,9(15)16)7-6-8-14(4)5/h6-8,13H2,1-5H3,(H,15,16)/t12-/m0/s1. The number of hydrogen-bond donors (Lipinski definition) is 2. The first kappa shape index (κ1) is 16.9. The maximum atomic E-state index is 11.9. The Balaban J connectivity index is 4.71. The van der Waals surface area contributed by atoms with Crippen molar-refractivity contribution in [1.29, 1.82) is 0 Å². The van der Waals surface area contributed by atoms with Gasteiger partial charge in [-0.1, -0.05) is 0 Å². The van der Waals surface area contributed by atoms with Gasteiger partial charge in [0.05, 0.1) is 0 Å². The van der Waals surface area contributed by atoms with Crippen LogP contribution < -0.4 is 5.73 Å². The van der Waals surface area contributed by atoms with Crippen LogP contribution in [0, 0.1) is 0 Å². The molecule has 0 fully saturated rings. The predicted octanol–water partition coefficient (Wildman–Crippen LogP) is 0.452. The van der Waals surface area contributed by atoms with Gasteiger partial charge in [-0.15, -0.1) is 0 Å². The number of nitrogens with zero attached hydrogens (tertiary/aromatic N) is 1. The van der Waals surface area contributed by atoms with Crippen LogP contribution in [0.15, 0.2) is 0 Å². The van der Waals surface area contributed by atoms with Crippen LogP contribution in [0.3, 0.4) is 0 Å². The Kier molecular flexibility index (Phi) is 5.76. The van der Waals surface area contributed by atoms with E-state index in [1.54, 1.807) is 20.8 Å². The molecule has 6 nitrogen and oxygen atoms in total. The average molecular weight is 260 g/mol. The summed E-state index contributed by atoms with van der Waals surface area (Å²) in [5.41, 5.74) is 2.96. The van der Waals surface area contributed by atoms with E-state index in [2.05, 4.69) is 0 Å². The van der Waals surface area contributed by atoms with E-state index in [0.717, 1.165) is 0 Å². The molecular formula is C12H24N2O4. The number of carboxylic acids is 1. The van der Waals surface area contributed by atoms with Crippen molar-refractivity contribution in [2.45, 2.75) is 44.8 Å². The van der Waals surface area contributed by atoms with Crippen molar-refractivity contribution in [3.05, 3.63) is 0 Å². The quantitative estimate of drug-likeness (QED) is 0.532. The molecule has 0 rings (SSSR count). The molecule has 0 saturated carbocycles. The zero-order valence-corrected chi connectivity index (χ0v) is 11.8. The molecule has 0 spiro atoms. The van der Waals surface area contributed by atoms with Gasteiger partial charge in [0.15, 0.2) is 0 Å². The van der Waals surface area contributed by atoms with E-state index in [4.69, 9.17) is 15.6 Å². The molecule has 0 bridgehead atoms. The summed E-state index contributed by atoms with van der Waals surface area (Å²) >= 11 is 0. The smallest absolute Gasteiger partial charge is 0.338 e. The van der Waals surface area contributed by atoms with Gasteiger partial charge in [0.1, 0.15) is 5.60 Å². The first-order chi connectivity index (χ1) is 7.99. The van der Waals surface area contributed by atoms with Gasteiger partial charge in [-0.2, -0.15) is 0 Å². The first-order valence-corrected chi connectivity index (χ1v) is 5.89. The summed E-state index contributed by atoms with van der Waals surface area (Å²) in [6.45, 7) is 5.68. The lowest BCUT2D eigenvalue weighted by Gasteiger charge is -2.28. The molecule has 3 N–H and O–H groups in total. The second kappa shape index (κ2) is 6.15. The summed E-state index contributed by atoms with van der Waals surface area (Å²) in [5, 5.41) is 9.13. The third-order valence-electron chi connectivity index (χ3n) is 2.32. The second-order valence-electron chi connectivity index (χ2n) is 5.69. The van der Waals surface area contributed by atoms with Crippen molar-refractivity contribution in [2.75, 3.05) is 20.6 Å². The van der Waals surface area contributed by atoms with Gasteiger partial charge in [-0.25, -0.2) is 9.59 Å². The fourth-order valence-corrected chi connectivity index (χ4v) is 1.34. The number of nitrogens with two attached hydrogens (primary N) is 1. The summed E-state index contributed by atoms with van der Waals surface area (Å²) in [5.74, 6) is -2.24. The molecule has 18 heavy (non-hydrogen) atoms. The van der Waals surface area contributed by atoms with Crippen LogP contribution in [-0.2, 0) is 14.3 Å². The third-order valence-corrected chi connectivity index (χ3v) is 2.32. The Labute approximate surface area is 108 Å². The van der Waals surface area contributed by atoms with Gasteiger partial charge in [0, 0.05) is 0 Å². The molecule has 1 atom stereocenters. The molecule has 0 aromatic heterocycles. The number of carbonyl (C=O) groups is 2. The van der Waals surface area contributed by atoms with Crippen LogP contribution >= 0.6 is 0 Å². The fourth-order valence-electron chi connectivity index (χ4n) is 1.34. The van der Waals surface area contributed by atoms with Gasteiger partial charge in [0.2, 0.25) is 5.54 Å². The van der Waals surface area contributed by atoms with Crippen molar-refractivity contribution >= 4 is 11.9 Å². The van der Waals surface area contributed by atoms with Gasteiger partial charge in [-0.05, 0) is 54.3 Å². The topological polar surface area (TPSA) is 92.9 Å². The number of carboxylic acid groups (broad SMARTS) is 1. The van der Waals surface area contributed by atoms with E-state index in [-0.39, 0.29) is 6.42 Å². The molecule has 0 aromatic carbocycles. The van der Waals surface area contributed by atoms with Crippen LogP contribution in [0.4, 0.5) is 0 Å². The normalized spacial score (nSPS) is 15.3. The Morgan fingerprint density at radius 3 is 2.11 bits per heavy atom. The number of aliphatic carboxylic acids is 1. The van der Waals surface area contributed by atoms with Gasteiger partial charge < -0.3 is 20.5 Å². The van der Waals surface area contributed by atoms with Crippen molar-refractivity contribution < 1.29 is 19.4 Å². The van der Waals surface area contributed by atoms with E-state index < -0.39 is 23.1 Å². The SMILES string of the molecule is CN(C)CCC[C@](N)(C(=O)O)C(=O)OC(C)(C)C. The highest BCUT2D eigenvalue weighted by molar-refractivity contribution is 6.03. The summed E-state index contributed by atoms with van der Waals surface area (Å²) in [4.78, 5) is 24.9. The summed E-state index contributed by atoms with van der Waals surface area (Å²) in [7, 11) is 3.73. The molecule has 6 heteroatoms. The number of esters is 1. The summed E-state index contributed by atoms with van der Waals surface area (Å²) in [6, 6.07) is 0.